The second kappa shape index (κ2) is 8.22. The third kappa shape index (κ3) is 5.81. The number of phosphoric acid groups is 3. The number of nitrogens with zero attached hydrogens (tertiary/aromatic N) is 3. The van der Waals surface area contributed by atoms with Gasteiger partial charge in [-0.05, 0) is 12.8 Å². The van der Waals surface area contributed by atoms with Crippen LogP contribution >= 0.6 is 23.5 Å². The molecule has 2 aromatic rings. The molecule has 30 heavy (non-hydrogen) atoms. The molecule has 17 nitrogen and oxygen atoms in total. The molecule has 0 spiro atoms. The molecular weight excluding hydrogens is 475 g/mol. The zero-order valence-electron chi connectivity index (χ0n) is 14.5. The monoisotopic (exact) mass is 487 g/mol. The third-order valence-electron chi connectivity index (χ3n) is 3.66. The first-order valence-corrected chi connectivity index (χ1v) is 12.2. The van der Waals surface area contributed by atoms with Gasteiger partial charge in [0.05, 0.1) is 26.9 Å². The van der Waals surface area contributed by atoms with Crippen LogP contribution in [0.4, 0.5) is 5.95 Å². The molecule has 0 aliphatic carbocycles. The second-order valence-electron chi connectivity index (χ2n) is 5.87. The minimum atomic E-state index is -6.07. The van der Waals surface area contributed by atoms with Crippen molar-refractivity contribution in [2.24, 2.45) is 0 Å². The van der Waals surface area contributed by atoms with Gasteiger partial charge in [-0.2, -0.15) is 4.98 Å². The molecule has 3 rings (SSSR count). The van der Waals surface area contributed by atoms with Gasteiger partial charge in [-0.3, -0.25) is 27.8 Å². The highest BCUT2D eigenvalue weighted by molar-refractivity contribution is 7.64. The van der Waals surface area contributed by atoms with Crippen molar-refractivity contribution in [1.29, 1.82) is 0 Å². The van der Waals surface area contributed by atoms with Gasteiger partial charge in [0, 0.05) is 0 Å². The van der Waals surface area contributed by atoms with Gasteiger partial charge in [-0.25, -0.2) is 9.29 Å². The van der Waals surface area contributed by atoms with Crippen molar-refractivity contribution in [3.8, 4) is 0 Å². The number of hydrogen-bond donors (Lipinski definition) is 2. The van der Waals surface area contributed by atoms with E-state index in [1.165, 1.54) is 10.9 Å². The van der Waals surface area contributed by atoms with E-state index in [-0.39, 0.29) is 23.5 Å². The van der Waals surface area contributed by atoms with Crippen LogP contribution in [0, 0.1) is 0 Å². The van der Waals surface area contributed by atoms with E-state index < -0.39 is 48.0 Å². The highest BCUT2D eigenvalue weighted by atomic mass is 31.3. The number of fused-ring (bicyclic) bond motifs is 1. The number of imidazole rings is 1. The smallest absolute Gasteiger partial charge is 0.280 e. The molecule has 1 fully saturated rings. The molecule has 168 valence electrons. The lowest BCUT2D eigenvalue weighted by Gasteiger charge is -2.37. The molecule has 0 saturated carbocycles. The molecular formula is C10H12N5O12P3-4. The first kappa shape index (κ1) is 23.2. The van der Waals surface area contributed by atoms with Gasteiger partial charge in [0.2, 0.25) is 5.95 Å². The van der Waals surface area contributed by atoms with Crippen LogP contribution in [-0.2, 0) is 31.6 Å². The number of aromatic amines is 1. The van der Waals surface area contributed by atoms with E-state index in [0.29, 0.717) is 6.42 Å². The molecule has 0 bridgehead atoms. The summed E-state index contributed by atoms with van der Waals surface area (Å²) < 4.78 is 50.8. The molecule has 0 amide bonds. The van der Waals surface area contributed by atoms with Gasteiger partial charge in [-0.1, -0.05) is 0 Å². The van der Waals surface area contributed by atoms with Crippen molar-refractivity contribution in [2.45, 2.75) is 25.2 Å². The van der Waals surface area contributed by atoms with Crippen LogP contribution in [0.3, 0.4) is 0 Å². The Kier molecular flexibility index (Phi) is 6.35. The number of nitrogen functional groups attached to an aromatic ring is 1. The third-order valence-corrected chi connectivity index (χ3v) is 7.33. The number of nitrogens with two attached hydrogens (primary N) is 1. The lowest BCUT2D eigenvalue weighted by atomic mass is 10.2. The van der Waals surface area contributed by atoms with Crippen LogP contribution in [-0.4, -0.2) is 32.2 Å². The molecule has 0 radical (unpaired) electrons. The number of phosphoric ester groups is 1. The van der Waals surface area contributed by atoms with Gasteiger partial charge >= 0.3 is 0 Å². The summed E-state index contributed by atoms with van der Waals surface area (Å²) >= 11 is 0. The summed E-state index contributed by atoms with van der Waals surface area (Å²) in [5, 5.41) is 0. The summed E-state index contributed by atoms with van der Waals surface area (Å²) in [6.07, 6.45) is 0.248. The first-order chi connectivity index (χ1) is 13.7. The fourth-order valence-electron chi connectivity index (χ4n) is 2.63. The lowest BCUT2D eigenvalue weighted by molar-refractivity contribution is -0.339. The predicted octanol–water partition coefficient (Wildman–Crippen LogP) is -2.81. The van der Waals surface area contributed by atoms with Crippen molar-refractivity contribution < 1.29 is 51.2 Å². The van der Waals surface area contributed by atoms with Gasteiger partial charge in [-0.15, -0.1) is 0 Å². The topological polar surface area (TPSA) is 270 Å². The molecule has 1 aliphatic heterocycles. The normalized spacial score (nSPS) is 24.0. The van der Waals surface area contributed by atoms with Crippen molar-refractivity contribution >= 4 is 40.6 Å². The summed E-state index contributed by atoms with van der Waals surface area (Å²) in [5.74, 6) is -0.151. The molecule has 20 heteroatoms. The quantitative estimate of drug-likeness (QED) is 0.356. The maximum atomic E-state index is 11.8. The molecule has 1 saturated heterocycles. The van der Waals surface area contributed by atoms with Crippen LogP contribution < -0.4 is 30.9 Å². The Hall–Kier alpha value is -1.48. The summed E-state index contributed by atoms with van der Waals surface area (Å²) in [4.78, 5) is 65.2. The van der Waals surface area contributed by atoms with Gasteiger partial charge in [0.1, 0.15) is 6.23 Å². The van der Waals surface area contributed by atoms with Crippen molar-refractivity contribution in [2.75, 3.05) is 12.3 Å². The van der Waals surface area contributed by atoms with E-state index in [1.54, 1.807) is 0 Å². The zero-order valence-corrected chi connectivity index (χ0v) is 17.2. The number of rotatable bonds is 8. The predicted molar refractivity (Wildman–Crippen MR) is 86.6 cm³/mol. The summed E-state index contributed by atoms with van der Waals surface area (Å²) in [7, 11) is -17.7. The Morgan fingerprint density at radius 1 is 1.20 bits per heavy atom. The highest BCUT2D eigenvalue weighted by Gasteiger charge is 2.30. The van der Waals surface area contributed by atoms with E-state index in [1.807, 2.05) is 0 Å². The molecule has 2 aromatic heterocycles. The van der Waals surface area contributed by atoms with Crippen LogP contribution in [0.15, 0.2) is 11.1 Å². The highest BCUT2D eigenvalue weighted by Crippen LogP contribution is 2.60. The van der Waals surface area contributed by atoms with Crippen molar-refractivity contribution in [1.82, 2.24) is 19.5 Å². The summed E-state index contributed by atoms with van der Waals surface area (Å²) in [5.41, 5.74) is 5.07. The summed E-state index contributed by atoms with van der Waals surface area (Å²) in [6.45, 7) is -0.702. The fraction of sp³-hybridized carbons (Fsp3) is 0.500. The second-order valence-corrected chi connectivity index (χ2v) is 10.1. The Bertz CT molecular complexity index is 1140. The van der Waals surface area contributed by atoms with Crippen LogP contribution in [0.5, 0.6) is 0 Å². The average molecular weight is 487 g/mol. The maximum Gasteiger partial charge on any atom is 0.280 e. The van der Waals surface area contributed by atoms with Crippen molar-refractivity contribution in [3.05, 3.63) is 16.7 Å². The largest absolute Gasteiger partial charge is 0.790 e. The van der Waals surface area contributed by atoms with E-state index in [9.17, 15) is 38.1 Å². The number of aromatic nitrogens is 4. The number of hydrogen-bond acceptors (Lipinski definition) is 15. The number of nitrogens with one attached hydrogen (secondary N) is 1. The number of H-pyrrole nitrogens is 1. The number of ether oxygens (including phenoxy) is 1. The van der Waals surface area contributed by atoms with Crippen LogP contribution in [0.25, 0.3) is 11.2 Å². The van der Waals surface area contributed by atoms with Crippen LogP contribution in [0.1, 0.15) is 19.1 Å². The molecule has 0 aromatic carbocycles. The Morgan fingerprint density at radius 2 is 1.90 bits per heavy atom. The zero-order chi connectivity index (χ0) is 22.3. The minimum Gasteiger partial charge on any atom is -0.790 e. The van der Waals surface area contributed by atoms with E-state index in [0.717, 1.165) is 0 Å². The number of anilines is 1. The average Bonchev–Trinajstić information content (AvgIpc) is 3.15. The maximum absolute atomic E-state index is 11.8. The molecule has 4 unspecified atom stereocenters. The minimum absolute atomic E-state index is 0.00481. The van der Waals surface area contributed by atoms with E-state index >= 15 is 0 Å². The Morgan fingerprint density at radius 3 is 2.57 bits per heavy atom. The molecule has 1 aliphatic rings. The van der Waals surface area contributed by atoms with Gasteiger partial charge < -0.3 is 39.1 Å². The summed E-state index contributed by atoms with van der Waals surface area (Å²) in [6, 6.07) is 0. The molecule has 4 atom stereocenters. The lowest BCUT2D eigenvalue weighted by Crippen LogP contribution is -2.22. The van der Waals surface area contributed by atoms with E-state index in [4.69, 9.17) is 10.5 Å². The van der Waals surface area contributed by atoms with Gasteiger partial charge in [0.15, 0.2) is 11.2 Å². The fourth-order valence-corrected chi connectivity index (χ4v) is 5.51. The van der Waals surface area contributed by atoms with Gasteiger partial charge in [0.25, 0.3) is 21.2 Å². The molecule has 3 heterocycles. The Labute approximate surface area is 166 Å². The SMILES string of the molecule is Nc1nc2c(ncn2C2CCC(COP(=O)([O-])OP(=O)([O-])OP(=O)([O-])[O-])O2)c(=O)[nH]1. The van der Waals surface area contributed by atoms with E-state index in [2.05, 4.69) is 28.1 Å². The standard InChI is InChI=1S/C10H16N5O12P3/c11-10-13-8-7(9(16)14-10)12-4-15(8)6-2-1-5(25-6)3-24-29(20,21)27-30(22,23)26-28(17,18)19/h4-6H,1-3H2,(H,20,21)(H,22,23)(H2,17,18,19)(H3,11,13,14,16)/p-4. The molecule has 3 N–H and O–H groups in total. The first-order valence-electron chi connectivity index (χ1n) is 7.84. The Balaban J connectivity index is 1.62. The van der Waals surface area contributed by atoms with Crippen molar-refractivity contribution in [3.63, 3.8) is 0 Å². The van der Waals surface area contributed by atoms with Crippen LogP contribution in [0.2, 0.25) is 0 Å².